The summed E-state index contributed by atoms with van der Waals surface area (Å²) in [5, 5.41) is 13.2. The normalized spacial score (nSPS) is 10.9. The van der Waals surface area contributed by atoms with E-state index in [4.69, 9.17) is 5.11 Å². The molecule has 0 bridgehead atoms. The predicted octanol–water partition coefficient (Wildman–Crippen LogP) is 1.89. The molecule has 0 atom stereocenters. The molecule has 0 amide bonds. The van der Waals surface area contributed by atoms with Crippen molar-refractivity contribution in [2.24, 2.45) is 0 Å². The number of benzene rings is 1. The van der Waals surface area contributed by atoms with Crippen LogP contribution < -0.4 is 0 Å². The fraction of sp³-hybridized carbons (Fsp3) is 0.0769. The molecule has 0 radical (unpaired) electrons. The Bertz CT molecular complexity index is 610. The molecule has 0 aliphatic rings. The number of aliphatic hydroxyl groups is 1. The highest BCUT2D eigenvalue weighted by Gasteiger charge is 2.04. The van der Waals surface area contributed by atoms with Crippen molar-refractivity contribution in [2.45, 2.75) is 6.61 Å². The molecule has 3 rings (SSSR count). The van der Waals surface area contributed by atoms with Gasteiger partial charge in [0.05, 0.1) is 18.5 Å². The zero-order chi connectivity index (χ0) is 11.7. The lowest BCUT2D eigenvalue weighted by Crippen LogP contribution is -1.85. The van der Waals surface area contributed by atoms with Gasteiger partial charge in [0.2, 0.25) is 0 Å². The van der Waals surface area contributed by atoms with Crippen LogP contribution in [-0.4, -0.2) is 19.7 Å². The summed E-state index contributed by atoms with van der Waals surface area (Å²) in [5.74, 6) is 0. The van der Waals surface area contributed by atoms with Gasteiger partial charge in [-0.2, -0.15) is 5.10 Å². The molecule has 0 spiro atoms. The molecule has 4 heteroatoms. The largest absolute Gasteiger partial charge is 0.392 e. The monoisotopic (exact) mass is 225 g/mol. The quantitative estimate of drug-likeness (QED) is 0.724. The number of rotatable bonds is 2. The summed E-state index contributed by atoms with van der Waals surface area (Å²) in [4.78, 5) is 4.48. The van der Waals surface area contributed by atoms with Crippen molar-refractivity contribution >= 4 is 5.65 Å². The molecule has 4 nitrogen and oxygen atoms in total. The second kappa shape index (κ2) is 3.99. The first-order chi connectivity index (χ1) is 8.36. The molecule has 1 N–H and O–H groups in total. The van der Waals surface area contributed by atoms with Crippen LogP contribution in [0.15, 0.2) is 48.8 Å². The third-order valence-corrected chi connectivity index (χ3v) is 2.67. The van der Waals surface area contributed by atoms with Gasteiger partial charge < -0.3 is 5.11 Å². The molecular formula is C13H11N3O. The standard InChI is InChI=1S/C13H11N3O/c17-9-10-3-5-11(6-4-10)12-8-16-13(15-12)2-1-7-14-16/h1-8,17H,9H2. The van der Waals surface area contributed by atoms with Gasteiger partial charge in [0.25, 0.3) is 0 Å². The Kier molecular flexibility index (Phi) is 2.34. The van der Waals surface area contributed by atoms with Crippen molar-refractivity contribution in [1.82, 2.24) is 14.6 Å². The van der Waals surface area contributed by atoms with Crippen LogP contribution in [0.2, 0.25) is 0 Å². The second-order valence-electron chi connectivity index (χ2n) is 3.81. The highest BCUT2D eigenvalue weighted by Crippen LogP contribution is 2.19. The molecular weight excluding hydrogens is 214 g/mol. The van der Waals surface area contributed by atoms with Crippen LogP contribution in [-0.2, 0) is 6.61 Å². The summed E-state index contributed by atoms with van der Waals surface area (Å²) in [6.07, 6.45) is 3.62. The highest BCUT2D eigenvalue weighted by molar-refractivity contribution is 5.62. The van der Waals surface area contributed by atoms with Crippen LogP contribution in [0.4, 0.5) is 0 Å². The molecule has 0 saturated heterocycles. The van der Waals surface area contributed by atoms with Crippen LogP contribution in [0.5, 0.6) is 0 Å². The van der Waals surface area contributed by atoms with E-state index in [9.17, 15) is 0 Å². The number of hydrogen-bond donors (Lipinski definition) is 1. The van der Waals surface area contributed by atoms with Crippen molar-refractivity contribution in [3.8, 4) is 11.3 Å². The summed E-state index contributed by atoms with van der Waals surface area (Å²) in [6.45, 7) is 0.0625. The fourth-order valence-corrected chi connectivity index (χ4v) is 1.75. The van der Waals surface area contributed by atoms with E-state index in [0.29, 0.717) is 0 Å². The van der Waals surface area contributed by atoms with E-state index >= 15 is 0 Å². The first kappa shape index (κ1) is 9.99. The van der Waals surface area contributed by atoms with Crippen molar-refractivity contribution in [2.75, 3.05) is 0 Å². The van der Waals surface area contributed by atoms with Gasteiger partial charge in [0.1, 0.15) is 0 Å². The van der Waals surface area contributed by atoms with Crippen LogP contribution in [0.3, 0.4) is 0 Å². The van der Waals surface area contributed by atoms with E-state index in [1.165, 1.54) is 0 Å². The van der Waals surface area contributed by atoms with E-state index in [-0.39, 0.29) is 6.61 Å². The Morgan fingerprint density at radius 2 is 1.94 bits per heavy atom. The van der Waals surface area contributed by atoms with Gasteiger partial charge >= 0.3 is 0 Å². The minimum Gasteiger partial charge on any atom is -0.392 e. The maximum Gasteiger partial charge on any atom is 0.154 e. The van der Waals surface area contributed by atoms with Crippen molar-refractivity contribution in [3.63, 3.8) is 0 Å². The Hall–Kier alpha value is -2.20. The maximum absolute atomic E-state index is 8.98. The maximum atomic E-state index is 8.98. The Labute approximate surface area is 98.2 Å². The number of fused-ring (bicyclic) bond motifs is 1. The first-order valence-corrected chi connectivity index (χ1v) is 5.37. The number of hydrogen-bond acceptors (Lipinski definition) is 3. The number of aliphatic hydroxyl groups excluding tert-OH is 1. The molecule has 3 aromatic rings. The van der Waals surface area contributed by atoms with Gasteiger partial charge in [-0.3, -0.25) is 0 Å². The summed E-state index contributed by atoms with van der Waals surface area (Å²) < 4.78 is 1.75. The molecule has 0 unspecified atom stereocenters. The van der Waals surface area contributed by atoms with E-state index in [1.54, 1.807) is 10.7 Å². The number of aromatic nitrogens is 3. The lowest BCUT2D eigenvalue weighted by Gasteiger charge is -1.98. The van der Waals surface area contributed by atoms with Crippen LogP contribution >= 0.6 is 0 Å². The van der Waals surface area contributed by atoms with Crippen LogP contribution in [0, 0.1) is 0 Å². The molecule has 1 aromatic carbocycles. The highest BCUT2D eigenvalue weighted by atomic mass is 16.3. The van der Waals surface area contributed by atoms with Gasteiger partial charge in [-0.05, 0) is 17.7 Å². The Morgan fingerprint density at radius 1 is 1.12 bits per heavy atom. The third kappa shape index (κ3) is 1.79. The zero-order valence-electron chi connectivity index (χ0n) is 9.11. The van der Waals surface area contributed by atoms with E-state index < -0.39 is 0 Å². The minimum absolute atomic E-state index is 0.0625. The Balaban J connectivity index is 2.07. The molecule has 0 aliphatic heterocycles. The first-order valence-electron chi connectivity index (χ1n) is 5.37. The van der Waals surface area contributed by atoms with Crippen molar-refractivity contribution < 1.29 is 5.11 Å². The van der Waals surface area contributed by atoms with Gasteiger partial charge in [0, 0.05) is 11.8 Å². The Morgan fingerprint density at radius 3 is 2.65 bits per heavy atom. The van der Waals surface area contributed by atoms with Crippen molar-refractivity contribution in [1.29, 1.82) is 0 Å². The summed E-state index contributed by atoms with van der Waals surface area (Å²) in [6, 6.07) is 11.5. The smallest absolute Gasteiger partial charge is 0.154 e. The van der Waals surface area contributed by atoms with Gasteiger partial charge in [-0.1, -0.05) is 24.3 Å². The molecule has 0 saturated carbocycles. The van der Waals surface area contributed by atoms with Crippen LogP contribution in [0.1, 0.15) is 5.56 Å². The van der Waals surface area contributed by atoms with E-state index in [2.05, 4.69) is 10.1 Å². The zero-order valence-corrected chi connectivity index (χ0v) is 9.11. The molecule has 17 heavy (non-hydrogen) atoms. The molecule has 0 fully saturated rings. The van der Waals surface area contributed by atoms with Crippen LogP contribution in [0.25, 0.3) is 16.9 Å². The van der Waals surface area contributed by atoms with E-state index in [1.807, 2.05) is 42.6 Å². The van der Waals surface area contributed by atoms with Gasteiger partial charge in [0.15, 0.2) is 5.65 Å². The summed E-state index contributed by atoms with van der Waals surface area (Å²) in [5.41, 5.74) is 3.63. The SMILES string of the molecule is OCc1ccc(-c2cn3ncccc3n2)cc1. The molecule has 2 heterocycles. The average Bonchev–Trinajstić information content (AvgIpc) is 2.82. The topological polar surface area (TPSA) is 50.4 Å². The number of nitrogens with zero attached hydrogens (tertiary/aromatic N) is 3. The third-order valence-electron chi connectivity index (χ3n) is 2.67. The molecule has 0 aliphatic carbocycles. The predicted molar refractivity (Wildman–Crippen MR) is 64.3 cm³/mol. The average molecular weight is 225 g/mol. The fourth-order valence-electron chi connectivity index (χ4n) is 1.75. The number of imidazole rings is 1. The molecule has 2 aromatic heterocycles. The van der Waals surface area contributed by atoms with Crippen molar-refractivity contribution in [3.05, 3.63) is 54.4 Å². The minimum atomic E-state index is 0.0625. The van der Waals surface area contributed by atoms with Gasteiger partial charge in [-0.25, -0.2) is 9.50 Å². The van der Waals surface area contributed by atoms with Gasteiger partial charge in [-0.15, -0.1) is 0 Å². The van der Waals surface area contributed by atoms with E-state index in [0.717, 1.165) is 22.5 Å². The summed E-state index contributed by atoms with van der Waals surface area (Å²) in [7, 11) is 0. The lowest BCUT2D eigenvalue weighted by atomic mass is 10.1. The second-order valence-corrected chi connectivity index (χ2v) is 3.81. The summed E-state index contributed by atoms with van der Waals surface area (Å²) >= 11 is 0. The lowest BCUT2D eigenvalue weighted by molar-refractivity contribution is 0.282. The molecule has 84 valence electrons.